The first-order valence-electron chi connectivity index (χ1n) is 10.2. The monoisotopic (exact) mass is 380 g/mol. The van der Waals surface area contributed by atoms with E-state index >= 15 is 0 Å². The van der Waals surface area contributed by atoms with E-state index in [0.717, 1.165) is 36.0 Å². The van der Waals surface area contributed by atoms with Gasteiger partial charge in [0.15, 0.2) is 0 Å². The van der Waals surface area contributed by atoms with Gasteiger partial charge >= 0.3 is 5.97 Å². The summed E-state index contributed by atoms with van der Waals surface area (Å²) in [5.41, 5.74) is 4.17. The maximum Gasteiger partial charge on any atom is 0.305 e. The van der Waals surface area contributed by atoms with Gasteiger partial charge in [-0.2, -0.15) is 0 Å². The van der Waals surface area contributed by atoms with Crippen LogP contribution in [0.3, 0.4) is 0 Å². The van der Waals surface area contributed by atoms with E-state index in [1.54, 1.807) is 0 Å². The fourth-order valence-electron chi connectivity index (χ4n) is 3.16. The van der Waals surface area contributed by atoms with Gasteiger partial charge in [0.25, 0.3) is 0 Å². The van der Waals surface area contributed by atoms with Crippen LogP contribution in [-0.2, 0) is 16.0 Å². The number of unbranched alkanes of at least 4 members (excludes halogenated alkanes) is 3. The van der Waals surface area contributed by atoms with Gasteiger partial charge in [-0.1, -0.05) is 74.4 Å². The third-order valence-electron chi connectivity index (χ3n) is 4.88. The van der Waals surface area contributed by atoms with Crippen LogP contribution in [0.4, 0.5) is 0 Å². The highest BCUT2D eigenvalue weighted by molar-refractivity contribution is 5.69. The van der Waals surface area contributed by atoms with Crippen LogP contribution in [0.25, 0.3) is 6.08 Å². The average Bonchev–Trinajstić information content (AvgIpc) is 2.73. The molecule has 0 aliphatic carbocycles. The summed E-state index contributed by atoms with van der Waals surface area (Å²) in [4.78, 5) is 11.1. The lowest BCUT2D eigenvalue weighted by atomic mass is 9.97. The zero-order valence-corrected chi connectivity index (χ0v) is 17.1. The fourth-order valence-corrected chi connectivity index (χ4v) is 3.16. The van der Waals surface area contributed by atoms with Crippen molar-refractivity contribution in [1.82, 2.24) is 0 Å². The van der Waals surface area contributed by atoms with Gasteiger partial charge in [0, 0.05) is 6.42 Å². The Kier molecular flexibility index (Phi) is 9.50. The molecule has 2 aromatic carbocycles. The van der Waals surface area contributed by atoms with Crippen molar-refractivity contribution in [2.45, 2.75) is 58.0 Å². The van der Waals surface area contributed by atoms with E-state index in [1.807, 2.05) is 42.5 Å². The Morgan fingerprint density at radius 3 is 2.57 bits per heavy atom. The molecule has 28 heavy (non-hydrogen) atoms. The number of methoxy groups -OCH3 is 1. The molecular formula is C25H32O3. The van der Waals surface area contributed by atoms with Gasteiger partial charge < -0.3 is 9.84 Å². The van der Waals surface area contributed by atoms with Gasteiger partial charge in [0.2, 0.25) is 0 Å². The van der Waals surface area contributed by atoms with Crippen molar-refractivity contribution in [3.63, 3.8) is 0 Å². The molecule has 0 bridgehead atoms. The Bertz CT molecular complexity index is 747. The number of esters is 1. The summed E-state index contributed by atoms with van der Waals surface area (Å²) < 4.78 is 4.64. The number of aryl methyl sites for hydroxylation is 1. The number of aliphatic hydroxyl groups excluding tert-OH is 1. The molecule has 0 heterocycles. The molecule has 1 unspecified atom stereocenters. The van der Waals surface area contributed by atoms with E-state index in [-0.39, 0.29) is 5.97 Å². The van der Waals surface area contributed by atoms with Gasteiger partial charge in [-0.3, -0.25) is 4.79 Å². The zero-order chi connectivity index (χ0) is 20.2. The van der Waals surface area contributed by atoms with Crippen LogP contribution in [0.2, 0.25) is 0 Å². The predicted octanol–water partition coefficient (Wildman–Crippen LogP) is 5.86. The first kappa shape index (κ1) is 21.9. The van der Waals surface area contributed by atoms with Crippen LogP contribution in [0, 0.1) is 0 Å². The molecule has 3 nitrogen and oxygen atoms in total. The van der Waals surface area contributed by atoms with Gasteiger partial charge in [0.1, 0.15) is 6.10 Å². The quantitative estimate of drug-likeness (QED) is 0.392. The van der Waals surface area contributed by atoms with Gasteiger partial charge in [-0.05, 0) is 54.0 Å². The highest BCUT2D eigenvalue weighted by Crippen LogP contribution is 2.24. The molecule has 0 aromatic heterocycles. The molecule has 0 radical (unpaired) electrons. The number of hydrogen-bond donors (Lipinski definition) is 1. The maximum atomic E-state index is 11.1. The van der Waals surface area contributed by atoms with Crippen LogP contribution >= 0.6 is 0 Å². The van der Waals surface area contributed by atoms with Crippen molar-refractivity contribution >= 4 is 12.0 Å². The third kappa shape index (κ3) is 7.32. The molecule has 1 atom stereocenters. The Balaban J connectivity index is 1.93. The molecule has 2 rings (SSSR count). The summed E-state index contributed by atoms with van der Waals surface area (Å²) in [6.45, 7) is 2.21. The molecule has 150 valence electrons. The second kappa shape index (κ2) is 12.1. The Morgan fingerprint density at radius 2 is 1.86 bits per heavy atom. The van der Waals surface area contributed by atoms with E-state index in [9.17, 15) is 9.90 Å². The van der Waals surface area contributed by atoms with E-state index < -0.39 is 6.10 Å². The summed E-state index contributed by atoms with van der Waals surface area (Å²) in [5, 5.41) is 10.7. The molecule has 0 saturated heterocycles. The number of aliphatic hydroxyl groups is 1. The van der Waals surface area contributed by atoms with Crippen molar-refractivity contribution < 1.29 is 14.6 Å². The average molecular weight is 381 g/mol. The minimum absolute atomic E-state index is 0.171. The van der Waals surface area contributed by atoms with Gasteiger partial charge in [-0.25, -0.2) is 0 Å². The zero-order valence-electron chi connectivity index (χ0n) is 17.1. The second-order valence-electron chi connectivity index (χ2n) is 7.14. The first-order chi connectivity index (χ1) is 13.6. The van der Waals surface area contributed by atoms with Crippen molar-refractivity contribution in [2.75, 3.05) is 7.11 Å². The van der Waals surface area contributed by atoms with Gasteiger partial charge in [-0.15, -0.1) is 0 Å². The highest BCUT2D eigenvalue weighted by atomic mass is 16.5. The lowest BCUT2D eigenvalue weighted by molar-refractivity contribution is -0.140. The second-order valence-corrected chi connectivity index (χ2v) is 7.14. The smallest absolute Gasteiger partial charge is 0.305 e. The molecule has 0 aliphatic heterocycles. The van der Waals surface area contributed by atoms with E-state index in [0.29, 0.717) is 6.42 Å². The SMILES string of the molecule is CCCCCc1ccc(C(O)c2cccc(C=CCCCC(=O)OC)c2)cc1. The minimum Gasteiger partial charge on any atom is -0.469 e. The van der Waals surface area contributed by atoms with Gasteiger partial charge in [0.05, 0.1) is 7.11 Å². The number of rotatable bonds is 11. The number of benzene rings is 2. The van der Waals surface area contributed by atoms with Crippen molar-refractivity contribution in [3.05, 3.63) is 76.9 Å². The lowest BCUT2D eigenvalue weighted by Crippen LogP contribution is -2.00. The number of ether oxygens (including phenoxy) is 1. The number of carbonyl (C=O) groups is 1. The Labute approximate surface area is 169 Å². The molecule has 0 spiro atoms. The maximum absolute atomic E-state index is 11.1. The molecule has 0 amide bonds. The van der Waals surface area contributed by atoms with Crippen LogP contribution in [0.5, 0.6) is 0 Å². The van der Waals surface area contributed by atoms with E-state index in [1.165, 1.54) is 31.9 Å². The molecule has 2 aromatic rings. The number of allylic oxidation sites excluding steroid dienone is 1. The van der Waals surface area contributed by atoms with Crippen molar-refractivity contribution in [2.24, 2.45) is 0 Å². The van der Waals surface area contributed by atoms with Crippen LogP contribution in [-0.4, -0.2) is 18.2 Å². The lowest BCUT2D eigenvalue weighted by Gasteiger charge is -2.13. The van der Waals surface area contributed by atoms with E-state index in [2.05, 4.69) is 29.9 Å². The molecular weight excluding hydrogens is 348 g/mol. The topological polar surface area (TPSA) is 46.5 Å². The van der Waals surface area contributed by atoms with Crippen molar-refractivity contribution in [1.29, 1.82) is 0 Å². The summed E-state index contributed by atoms with van der Waals surface area (Å²) in [5.74, 6) is -0.171. The third-order valence-corrected chi connectivity index (χ3v) is 4.88. The molecule has 1 N–H and O–H groups in total. The summed E-state index contributed by atoms with van der Waals surface area (Å²) >= 11 is 0. The molecule has 0 fully saturated rings. The van der Waals surface area contributed by atoms with E-state index in [4.69, 9.17) is 0 Å². The fraction of sp³-hybridized carbons (Fsp3) is 0.400. The summed E-state index contributed by atoms with van der Waals surface area (Å²) in [6, 6.07) is 16.3. The Morgan fingerprint density at radius 1 is 1.07 bits per heavy atom. The van der Waals surface area contributed by atoms with Crippen molar-refractivity contribution in [3.8, 4) is 0 Å². The first-order valence-corrected chi connectivity index (χ1v) is 10.2. The molecule has 0 saturated carbocycles. The minimum atomic E-state index is -0.627. The predicted molar refractivity (Wildman–Crippen MR) is 115 cm³/mol. The number of hydrogen-bond acceptors (Lipinski definition) is 3. The summed E-state index contributed by atoms with van der Waals surface area (Å²) in [7, 11) is 1.41. The van der Waals surface area contributed by atoms with Crippen LogP contribution < -0.4 is 0 Å². The normalized spacial score (nSPS) is 12.2. The molecule has 3 heteroatoms. The number of carbonyl (C=O) groups excluding carboxylic acids is 1. The standard InChI is InChI=1S/C25H32O3/c1-3-4-6-10-20-15-17-22(18-16-20)25(27)23-13-9-12-21(19-23)11-7-5-8-14-24(26)28-2/h7,9,11-13,15-19,25,27H,3-6,8,10,14H2,1-2H3. The largest absolute Gasteiger partial charge is 0.469 e. The molecule has 0 aliphatic rings. The van der Waals surface area contributed by atoms with Crippen LogP contribution in [0.15, 0.2) is 54.6 Å². The van der Waals surface area contributed by atoms with Crippen LogP contribution in [0.1, 0.15) is 73.8 Å². The Hall–Kier alpha value is -2.39. The summed E-state index contributed by atoms with van der Waals surface area (Å²) in [6.07, 6.45) is 10.3. The highest BCUT2D eigenvalue weighted by Gasteiger charge is 2.10.